The number of phenolic OH excluding ortho intramolecular Hbond substituents is 1. The summed E-state index contributed by atoms with van der Waals surface area (Å²) in [6.07, 6.45) is 0. The van der Waals surface area contributed by atoms with Gasteiger partial charge in [0.15, 0.2) is 0 Å². The minimum Gasteiger partial charge on any atom is -0.507 e. The van der Waals surface area contributed by atoms with E-state index in [4.69, 9.17) is 16.2 Å². The molecule has 0 bridgehead atoms. The molecule has 0 radical (unpaired) electrons. The first-order valence-electron chi connectivity index (χ1n) is 7.02. The number of aromatic hydroxyl groups is 1. The molecular weight excluding hydrogens is 310 g/mol. The number of carbonyl (C=O) groups is 1. The van der Waals surface area contributed by atoms with Crippen LogP contribution in [0.5, 0.6) is 5.75 Å². The zero-order chi connectivity index (χ0) is 18.1. The van der Waals surface area contributed by atoms with Gasteiger partial charge in [0, 0.05) is 5.56 Å². The molecule has 124 valence electrons. The number of carbonyl (C=O) groups excluding carboxylic acids is 1. The summed E-state index contributed by atoms with van der Waals surface area (Å²) in [6, 6.07) is 5.96. The maximum Gasteiger partial charge on any atom is 0.338 e. The molecule has 0 aliphatic carbocycles. The van der Waals surface area contributed by atoms with Crippen molar-refractivity contribution in [2.24, 2.45) is 0 Å². The maximum atomic E-state index is 12.2. The molecular formula is C16H17N5O3. The zero-order valence-corrected chi connectivity index (χ0v) is 13.5. The van der Waals surface area contributed by atoms with E-state index in [1.165, 1.54) is 18.2 Å². The fraction of sp³-hybridized carbons (Fsp3) is 0.250. The summed E-state index contributed by atoms with van der Waals surface area (Å²) in [4.78, 5) is 19.9. The van der Waals surface area contributed by atoms with Crippen LogP contribution in [-0.4, -0.2) is 26.6 Å². The monoisotopic (exact) mass is 327 g/mol. The molecule has 0 unspecified atom stereocenters. The van der Waals surface area contributed by atoms with Crippen molar-refractivity contribution < 1.29 is 14.6 Å². The number of rotatable bonds is 2. The van der Waals surface area contributed by atoms with E-state index in [1.807, 2.05) is 6.07 Å². The van der Waals surface area contributed by atoms with Gasteiger partial charge in [-0.15, -0.1) is 0 Å². The Labute approximate surface area is 138 Å². The molecule has 0 fully saturated rings. The minimum atomic E-state index is -0.670. The number of nitrogen functional groups attached to an aromatic ring is 2. The summed E-state index contributed by atoms with van der Waals surface area (Å²) in [7, 11) is 0. The van der Waals surface area contributed by atoms with Crippen LogP contribution < -0.4 is 11.5 Å². The molecule has 0 aliphatic heterocycles. The third-order valence-corrected chi connectivity index (χ3v) is 2.95. The number of nitrogens with two attached hydrogens (primary N) is 2. The van der Waals surface area contributed by atoms with Gasteiger partial charge in [0.05, 0.1) is 11.3 Å². The first-order valence-corrected chi connectivity index (χ1v) is 7.02. The van der Waals surface area contributed by atoms with E-state index in [0.29, 0.717) is 0 Å². The number of anilines is 2. The summed E-state index contributed by atoms with van der Waals surface area (Å²) in [6.45, 7) is 5.23. The summed E-state index contributed by atoms with van der Waals surface area (Å²) >= 11 is 0. The predicted molar refractivity (Wildman–Crippen MR) is 87.8 cm³/mol. The van der Waals surface area contributed by atoms with Gasteiger partial charge >= 0.3 is 5.97 Å². The van der Waals surface area contributed by atoms with Gasteiger partial charge in [-0.3, -0.25) is 0 Å². The van der Waals surface area contributed by atoms with Crippen LogP contribution in [0, 0.1) is 11.3 Å². The molecule has 1 aromatic heterocycles. The fourth-order valence-corrected chi connectivity index (χ4v) is 1.99. The number of aromatic nitrogens is 2. The Balaban J connectivity index is 2.59. The van der Waals surface area contributed by atoms with Crippen LogP contribution in [0.15, 0.2) is 18.2 Å². The van der Waals surface area contributed by atoms with Gasteiger partial charge in [-0.05, 0) is 39.0 Å². The molecule has 24 heavy (non-hydrogen) atoms. The number of phenols is 1. The highest BCUT2D eigenvalue weighted by atomic mass is 16.6. The van der Waals surface area contributed by atoms with E-state index < -0.39 is 11.6 Å². The molecule has 0 aliphatic rings. The summed E-state index contributed by atoms with van der Waals surface area (Å²) in [5.74, 6) is -1.01. The van der Waals surface area contributed by atoms with Crippen LogP contribution in [-0.2, 0) is 4.74 Å². The lowest BCUT2D eigenvalue weighted by Crippen LogP contribution is -2.23. The number of benzene rings is 1. The van der Waals surface area contributed by atoms with Gasteiger partial charge in [-0.25, -0.2) is 9.78 Å². The normalized spacial score (nSPS) is 10.9. The van der Waals surface area contributed by atoms with Crippen LogP contribution in [0.1, 0.15) is 36.7 Å². The molecule has 0 saturated carbocycles. The van der Waals surface area contributed by atoms with E-state index in [-0.39, 0.29) is 39.9 Å². The van der Waals surface area contributed by atoms with Crippen LogP contribution in [0.2, 0.25) is 0 Å². The lowest BCUT2D eigenvalue weighted by atomic mass is 10.0. The molecule has 8 nitrogen and oxygen atoms in total. The predicted octanol–water partition coefficient (Wildman–Crippen LogP) is 1.84. The average molecular weight is 327 g/mol. The smallest absolute Gasteiger partial charge is 0.338 e. The third-order valence-electron chi connectivity index (χ3n) is 2.95. The highest BCUT2D eigenvalue weighted by molar-refractivity contribution is 5.92. The largest absolute Gasteiger partial charge is 0.507 e. The Hall–Kier alpha value is -3.34. The third kappa shape index (κ3) is 3.52. The minimum absolute atomic E-state index is 0.0409. The van der Waals surface area contributed by atoms with Crippen molar-refractivity contribution in [1.29, 1.82) is 5.26 Å². The van der Waals surface area contributed by atoms with E-state index in [9.17, 15) is 15.2 Å². The average Bonchev–Trinajstić information content (AvgIpc) is 2.45. The Morgan fingerprint density at radius 3 is 2.54 bits per heavy atom. The molecule has 2 rings (SSSR count). The van der Waals surface area contributed by atoms with Crippen molar-refractivity contribution in [2.75, 3.05) is 11.5 Å². The van der Waals surface area contributed by atoms with Gasteiger partial charge in [0.25, 0.3) is 0 Å². The van der Waals surface area contributed by atoms with Crippen molar-refractivity contribution in [1.82, 2.24) is 9.97 Å². The Kier molecular flexibility index (Phi) is 4.28. The van der Waals surface area contributed by atoms with Crippen molar-refractivity contribution in [3.63, 3.8) is 0 Å². The van der Waals surface area contributed by atoms with Gasteiger partial charge in [-0.2, -0.15) is 10.2 Å². The molecule has 0 atom stereocenters. The van der Waals surface area contributed by atoms with Crippen LogP contribution >= 0.6 is 0 Å². The number of ether oxygens (including phenoxy) is 1. The van der Waals surface area contributed by atoms with Gasteiger partial charge in [0.2, 0.25) is 5.95 Å². The second kappa shape index (κ2) is 6.04. The van der Waals surface area contributed by atoms with Crippen LogP contribution in [0.3, 0.4) is 0 Å². The van der Waals surface area contributed by atoms with E-state index in [1.54, 1.807) is 20.8 Å². The van der Waals surface area contributed by atoms with Crippen molar-refractivity contribution in [3.05, 3.63) is 29.3 Å². The number of hydrogen-bond acceptors (Lipinski definition) is 8. The lowest BCUT2D eigenvalue weighted by Gasteiger charge is -2.19. The molecule has 1 heterocycles. The molecule has 2 aromatic rings. The van der Waals surface area contributed by atoms with Gasteiger partial charge in [-0.1, -0.05) is 0 Å². The number of hydrogen-bond donors (Lipinski definition) is 3. The van der Waals surface area contributed by atoms with Crippen LogP contribution in [0.25, 0.3) is 11.3 Å². The first kappa shape index (κ1) is 17.0. The second-order valence-corrected chi connectivity index (χ2v) is 6.04. The Bertz CT molecular complexity index is 850. The van der Waals surface area contributed by atoms with Gasteiger partial charge < -0.3 is 21.3 Å². The van der Waals surface area contributed by atoms with E-state index in [0.717, 1.165) is 0 Å². The van der Waals surface area contributed by atoms with Crippen molar-refractivity contribution >= 4 is 17.7 Å². The van der Waals surface area contributed by atoms with Crippen LogP contribution in [0.4, 0.5) is 11.8 Å². The molecule has 0 spiro atoms. The molecule has 0 saturated heterocycles. The Morgan fingerprint density at radius 2 is 1.96 bits per heavy atom. The SMILES string of the molecule is CC(C)(C)OC(=O)c1ccc(O)c(-c2nc(N)nc(N)c2C#N)c1. The quantitative estimate of drug-likeness (QED) is 0.707. The zero-order valence-electron chi connectivity index (χ0n) is 13.5. The number of nitriles is 1. The maximum absolute atomic E-state index is 12.2. The lowest BCUT2D eigenvalue weighted by molar-refractivity contribution is 0.00696. The topological polar surface area (TPSA) is 148 Å². The van der Waals surface area contributed by atoms with Gasteiger partial charge in [0.1, 0.15) is 28.8 Å². The van der Waals surface area contributed by atoms with E-state index in [2.05, 4.69) is 9.97 Å². The van der Waals surface area contributed by atoms with E-state index >= 15 is 0 Å². The van der Waals surface area contributed by atoms with Crippen molar-refractivity contribution in [2.45, 2.75) is 26.4 Å². The molecule has 8 heteroatoms. The highest BCUT2D eigenvalue weighted by Crippen LogP contribution is 2.33. The Morgan fingerprint density at radius 1 is 1.29 bits per heavy atom. The summed E-state index contributed by atoms with van der Waals surface area (Å²) in [5.41, 5.74) is 10.9. The summed E-state index contributed by atoms with van der Waals surface area (Å²) < 4.78 is 5.29. The second-order valence-electron chi connectivity index (χ2n) is 6.04. The standard InChI is InChI=1S/C16H17N5O3/c1-16(2,3)24-14(23)8-4-5-11(22)9(6-8)12-10(7-17)13(18)21-15(19)20-12/h4-6,22H,1-3H3,(H4,18,19,20,21). The molecule has 5 N–H and O–H groups in total. The first-order chi connectivity index (χ1) is 11.1. The summed E-state index contributed by atoms with van der Waals surface area (Å²) in [5, 5.41) is 19.4. The highest BCUT2D eigenvalue weighted by Gasteiger charge is 2.21. The fourth-order valence-electron chi connectivity index (χ4n) is 1.99. The molecule has 0 amide bonds. The number of esters is 1. The molecule has 1 aromatic carbocycles. The number of nitrogens with zero attached hydrogens (tertiary/aromatic N) is 3. The van der Waals surface area contributed by atoms with Crippen molar-refractivity contribution in [3.8, 4) is 23.1 Å².